The molecule has 0 saturated heterocycles. The molecule has 0 saturated carbocycles. The van der Waals surface area contributed by atoms with Crippen LogP contribution in [0.1, 0.15) is 26.3 Å². The molecular weight excluding hydrogens is 302 g/mol. The molecule has 0 aliphatic heterocycles. The molecule has 0 bridgehead atoms. The van der Waals surface area contributed by atoms with E-state index in [1.54, 1.807) is 12.1 Å². The van der Waals surface area contributed by atoms with Gasteiger partial charge in [-0.3, -0.25) is 0 Å². The van der Waals surface area contributed by atoms with Gasteiger partial charge in [-0.1, -0.05) is 35.0 Å². The highest BCUT2D eigenvalue weighted by atomic mass is 79.9. The van der Waals surface area contributed by atoms with Crippen molar-refractivity contribution >= 4 is 26.0 Å². The van der Waals surface area contributed by atoms with Gasteiger partial charge in [0.2, 0.25) is 10.0 Å². The maximum atomic E-state index is 12.3. The summed E-state index contributed by atoms with van der Waals surface area (Å²) in [5, 5.41) is 0.731. The van der Waals surface area contributed by atoms with Crippen LogP contribution in [0.15, 0.2) is 29.2 Å². The summed E-state index contributed by atoms with van der Waals surface area (Å²) in [6.07, 6.45) is 0. The molecule has 1 aromatic carbocycles. The Morgan fingerprint density at radius 1 is 1.24 bits per heavy atom. The number of halogens is 1. The molecule has 0 aromatic heterocycles. The monoisotopic (exact) mass is 319 g/mol. The molecule has 17 heavy (non-hydrogen) atoms. The number of sulfonamides is 1. The van der Waals surface area contributed by atoms with E-state index in [1.807, 2.05) is 32.9 Å². The van der Waals surface area contributed by atoms with E-state index < -0.39 is 10.0 Å². The van der Waals surface area contributed by atoms with Gasteiger partial charge in [-0.15, -0.1) is 0 Å². The average Bonchev–Trinajstić information content (AvgIpc) is 2.29. The van der Waals surface area contributed by atoms with Gasteiger partial charge in [0.1, 0.15) is 0 Å². The smallest absolute Gasteiger partial charge is 0.207 e. The third-order valence-electron chi connectivity index (χ3n) is 2.57. The second-order valence-corrected chi connectivity index (χ2v) is 6.53. The fourth-order valence-corrected chi connectivity index (χ4v) is 3.72. The Morgan fingerprint density at radius 3 is 2.12 bits per heavy atom. The van der Waals surface area contributed by atoms with E-state index in [1.165, 1.54) is 4.31 Å². The van der Waals surface area contributed by atoms with Crippen LogP contribution in [0, 0.1) is 0 Å². The van der Waals surface area contributed by atoms with Crippen LogP contribution in [0.25, 0.3) is 0 Å². The van der Waals surface area contributed by atoms with Gasteiger partial charge in [0.15, 0.2) is 0 Å². The predicted octanol–water partition coefficient (Wildman–Crippen LogP) is 3.00. The fourth-order valence-electron chi connectivity index (χ4n) is 1.70. The van der Waals surface area contributed by atoms with Crippen LogP contribution in [-0.4, -0.2) is 25.3 Å². The summed E-state index contributed by atoms with van der Waals surface area (Å²) >= 11 is 3.34. The second kappa shape index (κ2) is 5.98. The molecule has 0 spiro atoms. The summed E-state index contributed by atoms with van der Waals surface area (Å²) in [5.74, 6) is 0. The summed E-state index contributed by atoms with van der Waals surface area (Å²) in [5.41, 5.74) is 1.07. The van der Waals surface area contributed by atoms with Crippen LogP contribution >= 0.6 is 15.9 Å². The van der Waals surface area contributed by atoms with Crippen LogP contribution in [0.4, 0.5) is 0 Å². The minimum atomic E-state index is -3.36. The van der Waals surface area contributed by atoms with Gasteiger partial charge in [0, 0.05) is 17.9 Å². The van der Waals surface area contributed by atoms with Crippen molar-refractivity contribution in [2.75, 3.05) is 6.54 Å². The SMILES string of the molecule is CCN(C(C)C)S(=O)(=O)c1ccc(CBr)cc1. The van der Waals surface area contributed by atoms with Gasteiger partial charge in [0.25, 0.3) is 0 Å². The Kier molecular flexibility index (Phi) is 5.16. The van der Waals surface area contributed by atoms with E-state index in [4.69, 9.17) is 0 Å². The average molecular weight is 320 g/mol. The van der Waals surface area contributed by atoms with Crippen LogP contribution in [0.2, 0.25) is 0 Å². The van der Waals surface area contributed by atoms with E-state index in [0.29, 0.717) is 11.4 Å². The van der Waals surface area contributed by atoms with Gasteiger partial charge in [-0.2, -0.15) is 4.31 Å². The van der Waals surface area contributed by atoms with Crippen LogP contribution in [0.3, 0.4) is 0 Å². The molecule has 1 aromatic rings. The molecule has 0 unspecified atom stereocenters. The number of alkyl halides is 1. The summed E-state index contributed by atoms with van der Waals surface area (Å²) in [7, 11) is -3.36. The Bertz CT molecular complexity index is 454. The first kappa shape index (κ1) is 14.7. The van der Waals surface area contributed by atoms with Crippen molar-refractivity contribution in [1.82, 2.24) is 4.31 Å². The largest absolute Gasteiger partial charge is 0.243 e. The molecule has 96 valence electrons. The van der Waals surface area contributed by atoms with Gasteiger partial charge in [-0.25, -0.2) is 8.42 Å². The Hall–Kier alpha value is -0.390. The van der Waals surface area contributed by atoms with Gasteiger partial charge >= 0.3 is 0 Å². The molecule has 5 heteroatoms. The first-order valence-corrected chi connectivity index (χ1v) is 8.16. The number of hydrogen-bond acceptors (Lipinski definition) is 2. The van der Waals surface area contributed by atoms with Crippen molar-refractivity contribution in [2.45, 2.75) is 37.0 Å². The van der Waals surface area contributed by atoms with Crippen molar-refractivity contribution in [2.24, 2.45) is 0 Å². The topological polar surface area (TPSA) is 37.4 Å². The molecule has 0 aliphatic rings. The van der Waals surface area contributed by atoms with E-state index in [2.05, 4.69) is 15.9 Å². The molecule has 1 rings (SSSR count). The third kappa shape index (κ3) is 3.30. The zero-order chi connectivity index (χ0) is 13.1. The van der Waals surface area contributed by atoms with Crippen molar-refractivity contribution in [1.29, 1.82) is 0 Å². The van der Waals surface area contributed by atoms with Crippen molar-refractivity contribution < 1.29 is 8.42 Å². The summed E-state index contributed by atoms with van der Waals surface area (Å²) in [6, 6.07) is 6.96. The van der Waals surface area contributed by atoms with Crippen molar-refractivity contribution in [3.05, 3.63) is 29.8 Å². The van der Waals surface area contributed by atoms with E-state index in [0.717, 1.165) is 10.9 Å². The van der Waals surface area contributed by atoms with Crippen molar-refractivity contribution in [3.8, 4) is 0 Å². The molecule has 3 nitrogen and oxygen atoms in total. The van der Waals surface area contributed by atoms with E-state index in [-0.39, 0.29) is 6.04 Å². The normalized spacial score (nSPS) is 12.4. The molecular formula is C12H18BrNO2S. The zero-order valence-electron chi connectivity index (χ0n) is 10.4. The standard InChI is InChI=1S/C12H18BrNO2S/c1-4-14(10(2)3)17(15,16)12-7-5-11(9-13)6-8-12/h5-8,10H,4,9H2,1-3H3. The highest BCUT2D eigenvalue weighted by Gasteiger charge is 2.24. The number of nitrogens with zero attached hydrogens (tertiary/aromatic N) is 1. The predicted molar refractivity (Wildman–Crippen MR) is 73.8 cm³/mol. The molecule has 0 heterocycles. The van der Waals surface area contributed by atoms with Gasteiger partial charge in [-0.05, 0) is 31.5 Å². The lowest BCUT2D eigenvalue weighted by Gasteiger charge is -2.24. The minimum absolute atomic E-state index is 0.0270. The summed E-state index contributed by atoms with van der Waals surface area (Å²) in [6.45, 7) is 6.10. The number of hydrogen-bond donors (Lipinski definition) is 0. The highest BCUT2D eigenvalue weighted by molar-refractivity contribution is 9.08. The summed E-state index contributed by atoms with van der Waals surface area (Å²) in [4.78, 5) is 0.359. The van der Waals surface area contributed by atoms with Crippen LogP contribution in [0.5, 0.6) is 0 Å². The lowest BCUT2D eigenvalue weighted by molar-refractivity contribution is 0.369. The van der Waals surface area contributed by atoms with E-state index >= 15 is 0 Å². The fraction of sp³-hybridized carbons (Fsp3) is 0.500. The third-order valence-corrected chi connectivity index (χ3v) is 5.38. The molecule has 0 aliphatic carbocycles. The van der Waals surface area contributed by atoms with Gasteiger partial charge in [0.05, 0.1) is 4.90 Å². The quantitative estimate of drug-likeness (QED) is 0.782. The number of benzene rings is 1. The minimum Gasteiger partial charge on any atom is -0.207 e. The van der Waals surface area contributed by atoms with E-state index in [9.17, 15) is 8.42 Å². The molecule has 0 fully saturated rings. The molecule has 0 atom stereocenters. The molecule has 0 radical (unpaired) electrons. The first-order chi connectivity index (χ1) is 7.93. The maximum Gasteiger partial charge on any atom is 0.243 e. The molecule has 0 amide bonds. The zero-order valence-corrected chi connectivity index (χ0v) is 12.8. The maximum absolute atomic E-state index is 12.3. The number of rotatable bonds is 5. The Labute approximate surface area is 112 Å². The Balaban J connectivity index is 3.11. The van der Waals surface area contributed by atoms with Crippen LogP contribution < -0.4 is 0 Å². The van der Waals surface area contributed by atoms with Crippen LogP contribution in [-0.2, 0) is 15.4 Å². The molecule has 0 N–H and O–H groups in total. The second-order valence-electron chi connectivity index (χ2n) is 4.08. The summed E-state index contributed by atoms with van der Waals surface area (Å²) < 4.78 is 26.1. The van der Waals surface area contributed by atoms with Gasteiger partial charge < -0.3 is 0 Å². The highest BCUT2D eigenvalue weighted by Crippen LogP contribution is 2.19. The lowest BCUT2D eigenvalue weighted by Crippen LogP contribution is -2.36. The first-order valence-electron chi connectivity index (χ1n) is 5.60. The Morgan fingerprint density at radius 2 is 1.76 bits per heavy atom. The lowest BCUT2D eigenvalue weighted by atomic mass is 10.2. The van der Waals surface area contributed by atoms with Crippen molar-refractivity contribution in [3.63, 3.8) is 0 Å².